The summed E-state index contributed by atoms with van der Waals surface area (Å²) < 4.78 is 40.3. The van der Waals surface area contributed by atoms with Gasteiger partial charge >= 0.3 is 6.61 Å². The van der Waals surface area contributed by atoms with E-state index < -0.39 is 6.61 Å². The SMILES string of the molecule is Cc1ccc(NC(N)=NCc2cc3c(cc2OC(F)F)OCO3)cc1C.I. The number of rotatable bonds is 5. The number of hydrogen-bond acceptors (Lipinski definition) is 4. The van der Waals surface area contributed by atoms with E-state index in [1.165, 1.54) is 11.6 Å². The van der Waals surface area contributed by atoms with E-state index in [4.69, 9.17) is 15.2 Å². The number of halogens is 3. The number of fused-ring (bicyclic) bond motifs is 1. The first kappa shape index (κ1) is 21.0. The molecule has 0 aromatic heterocycles. The fraction of sp³-hybridized carbons (Fsp3) is 0.278. The molecule has 2 aromatic carbocycles. The number of guanidine groups is 1. The van der Waals surface area contributed by atoms with Crippen LogP contribution in [0.2, 0.25) is 0 Å². The number of nitrogens with zero attached hydrogens (tertiary/aromatic N) is 1. The molecule has 0 radical (unpaired) electrons. The third-order valence-electron chi connectivity index (χ3n) is 3.97. The highest BCUT2D eigenvalue weighted by molar-refractivity contribution is 14.0. The van der Waals surface area contributed by atoms with Crippen LogP contribution in [0, 0.1) is 13.8 Å². The number of alkyl halides is 2. The van der Waals surface area contributed by atoms with E-state index in [1.807, 2.05) is 32.0 Å². The maximum absolute atomic E-state index is 12.6. The molecule has 1 aliphatic rings. The lowest BCUT2D eigenvalue weighted by Crippen LogP contribution is -2.22. The third kappa shape index (κ3) is 5.34. The number of nitrogens with one attached hydrogen (secondary N) is 1. The van der Waals surface area contributed by atoms with E-state index in [9.17, 15) is 8.78 Å². The van der Waals surface area contributed by atoms with Gasteiger partial charge in [-0.2, -0.15) is 8.78 Å². The van der Waals surface area contributed by atoms with Gasteiger partial charge in [0.2, 0.25) is 6.79 Å². The Hall–Kier alpha value is -2.30. The van der Waals surface area contributed by atoms with E-state index in [2.05, 4.69) is 15.0 Å². The van der Waals surface area contributed by atoms with Gasteiger partial charge in [0.25, 0.3) is 0 Å². The minimum atomic E-state index is -2.95. The van der Waals surface area contributed by atoms with Crippen LogP contribution in [0.15, 0.2) is 35.3 Å². The van der Waals surface area contributed by atoms with E-state index in [1.54, 1.807) is 6.07 Å². The Balaban J connectivity index is 0.00000261. The first-order chi connectivity index (χ1) is 12.4. The summed E-state index contributed by atoms with van der Waals surface area (Å²) in [6, 6.07) is 8.73. The zero-order valence-corrected chi connectivity index (χ0v) is 17.1. The smallest absolute Gasteiger partial charge is 0.387 e. The number of aliphatic imine (C=N–C) groups is 1. The van der Waals surface area contributed by atoms with Gasteiger partial charge in [-0.3, -0.25) is 0 Å². The van der Waals surface area contributed by atoms with Crippen molar-refractivity contribution in [1.82, 2.24) is 0 Å². The quantitative estimate of drug-likeness (QED) is 0.373. The average Bonchev–Trinajstić information content (AvgIpc) is 3.02. The average molecular weight is 491 g/mol. The van der Waals surface area contributed by atoms with Gasteiger partial charge < -0.3 is 25.3 Å². The van der Waals surface area contributed by atoms with E-state index in [-0.39, 0.29) is 49.0 Å². The van der Waals surface area contributed by atoms with Gasteiger partial charge in [-0.15, -0.1) is 24.0 Å². The maximum Gasteiger partial charge on any atom is 0.387 e. The van der Waals surface area contributed by atoms with Crippen LogP contribution in [0.3, 0.4) is 0 Å². The molecular weight excluding hydrogens is 471 g/mol. The predicted molar refractivity (Wildman–Crippen MR) is 109 cm³/mol. The van der Waals surface area contributed by atoms with Crippen molar-refractivity contribution in [3.05, 3.63) is 47.0 Å². The molecule has 0 fully saturated rings. The molecule has 0 unspecified atom stereocenters. The predicted octanol–water partition coefficient (Wildman–Crippen LogP) is 4.18. The zero-order chi connectivity index (χ0) is 18.7. The summed E-state index contributed by atoms with van der Waals surface area (Å²) in [7, 11) is 0. The van der Waals surface area contributed by atoms with Crippen molar-refractivity contribution >= 4 is 35.6 Å². The van der Waals surface area contributed by atoms with Crippen molar-refractivity contribution in [2.24, 2.45) is 10.7 Å². The highest BCUT2D eigenvalue weighted by Gasteiger charge is 2.20. The first-order valence-electron chi connectivity index (χ1n) is 7.94. The molecule has 0 saturated heterocycles. The molecular formula is C18H20F2IN3O3. The summed E-state index contributed by atoms with van der Waals surface area (Å²) in [5, 5.41) is 2.98. The topological polar surface area (TPSA) is 78.1 Å². The molecule has 3 rings (SSSR count). The summed E-state index contributed by atoms with van der Waals surface area (Å²) in [6.07, 6.45) is 0. The number of ether oxygens (including phenoxy) is 3. The standard InChI is InChI=1S/C18H19F2N3O3.HI/c1-10-3-4-13(5-11(10)2)23-18(21)22-8-12-6-15-16(25-9-24-15)7-14(12)26-17(19)20;/h3-7,17H,8-9H2,1-2H3,(H3,21,22,23);1H. The third-order valence-corrected chi connectivity index (χ3v) is 3.97. The zero-order valence-electron chi connectivity index (χ0n) is 14.8. The minimum absolute atomic E-state index is 0. The second-order valence-electron chi connectivity index (χ2n) is 5.82. The molecule has 1 aliphatic heterocycles. The molecule has 0 amide bonds. The molecule has 0 aliphatic carbocycles. The van der Waals surface area contributed by atoms with Crippen molar-refractivity contribution in [1.29, 1.82) is 0 Å². The number of benzene rings is 2. The van der Waals surface area contributed by atoms with Gasteiger partial charge in [0, 0.05) is 17.3 Å². The highest BCUT2D eigenvalue weighted by atomic mass is 127. The van der Waals surface area contributed by atoms with Gasteiger partial charge in [0.05, 0.1) is 6.54 Å². The summed E-state index contributed by atoms with van der Waals surface area (Å²) >= 11 is 0. The molecule has 3 N–H and O–H groups in total. The summed E-state index contributed by atoms with van der Waals surface area (Å²) in [5.41, 5.74) is 9.40. The van der Waals surface area contributed by atoms with Gasteiger partial charge in [-0.25, -0.2) is 4.99 Å². The van der Waals surface area contributed by atoms with E-state index in [0.29, 0.717) is 17.1 Å². The van der Waals surface area contributed by atoms with Crippen molar-refractivity contribution in [3.63, 3.8) is 0 Å². The van der Waals surface area contributed by atoms with Crippen LogP contribution in [0.25, 0.3) is 0 Å². The number of nitrogens with two attached hydrogens (primary N) is 1. The Kier molecular flexibility index (Phi) is 7.05. The Bertz CT molecular complexity index is 847. The van der Waals surface area contributed by atoms with Gasteiger partial charge in [0.1, 0.15) is 5.75 Å². The fourth-order valence-electron chi connectivity index (χ4n) is 2.47. The van der Waals surface area contributed by atoms with Crippen molar-refractivity contribution in [2.45, 2.75) is 27.0 Å². The molecule has 2 aromatic rings. The Morgan fingerprint density at radius 1 is 1.19 bits per heavy atom. The second kappa shape index (κ2) is 9.07. The van der Waals surface area contributed by atoms with E-state index >= 15 is 0 Å². The highest BCUT2D eigenvalue weighted by Crippen LogP contribution is 2.39. The van der Waals surface area contributed by atoms with E-state index in [0.717, 1.165) is 11.3 Å². The second-order valence-corrected chi connectivity index (χ2v) is 5.82. The van der Waals surface area contributed by atoms with Crippen LogP contribution in [-0.2, 0) is 6.54 Å². The summed E-state index contributed by atoms with van der Waals surface area (Å²) in [5.74, 6) is 0.952. The molecule has 6 nitrogen and oxygen atoms in total. The van der Waals surface area contributed by atoms with Crippen LogP contribution < -0.4 is 25.3 Å². The van der Waals surface area contributed by atoms with Crippen LogP contribution in [0.4, 0.5) is 14.5 Å². The molecule has 0 spiro atoms. The lowest BCUT2D eigenvalue weighted by molar-refractivity contribution is -0.0505. The lowest BCUT2D eigenvalue weighted by Gasteiger charge is -2.11. The normalized spacial score (nSPS) is 12.7. The molecule has 1 heterocycles. The van der Waals surface area contributed by atoms with Crippen LogP contribution in [-0.4, -0.2) is 19.4 Å². The molecule has 0 saturated carbocycles. The molecule has 0 bridgehead atoms. The summed E-state index contributed by atoms with van der Waals surface area (Å²) in [4.78, 5) is 4.20. The van der Waals surface area contributed by atoms with Crippen molar-refractivity contribution in [3.8, 4) is 17.2 Å². The number of anilines is 1. The van der Waals surface area contributed by atoms with Gasteiger partial charge in [-0.05, 0) is 43.2 Å². The maximum atomic E-state index is 12.6. The van der Waals surface area contributed by atoms with Crippen LogP contribution in [0.5, 0.6) is 17.2 Å². The lowest BCUT2D eigenvalue weighted by atomic mass is 10.1. The van der Waals surface area contributed by atoms with Crippen molar-refractivity contribution < 1.29 is 23.0 Å². The Morgan fingerprint density at radius 2 is 1.89 bits per heavy atom. The first-order valence-corrected chi connectivity index (χ1v) is 7.94. The number of aryl methyl sites for hydroxylation is 2. The Labute approximate surface area is 172 Å². The van der Waals surface area contributed by atoms with Gasteiger partial charge in [-0.1, -0.05) is 6.07 Å². The Morgan fingerprint density at radius 3 is 2.56 bits per heavy atom. The molecule has 27 heavy (non-hydrogen) atoms. The van der Waals surface area contributed by atoms with Crippen LogP contribution in [0.1, 0.15) is 16.7 Å². The van der Waals surface area contributed by atoms with Gasteiger partial charge in [0.15, 0.2) is 17.5 Å². The van der Waals surface area contributed by atoms with Crippen molar-refractivity contribution in [2.75, 3.05) is 12.1 Å². The summed E-state index contributed by atoms with van der Waals surface area (Å²) in [6.45, 7) is 1.13. The minimum Gasteiger partial charge on any atom is -0.454 e. The number of hydrogen-bond donors (Lipinski definition) is 2. The molecule has 9 heteroatoms. The molecule has 0 atom stereocenters. The largest absolute Gasteiger partial charge is 0.454 e. The monoisotopic (exact) mass is 491 g/mol. The van der Waals surface area contributed by atoms with Crippen LogP contribution >= 0.6 is 24.0 Å². The molecule has 146 valence electrons. The fourth-order valence-corrected chi connectivity index (χ4v) is 2.47.